The molecule has 0 heterocycles. The predicted molar refractivity (Wildman–Crippen MR) is 59.9 cm³/mol. The summed E-state index contributed by atoms with van der Waals surface area (Å²) in [5.41, 5.74) is 0.860. The van der Waals surface area contributed by atoms with Crippen molar-refractivity contribution in [2.75, 3.05) is 0 Å². The van der Waals surface area contributed by atoms with Crippen LogP contribution in [0, 0.1) is 0 Å². The maximum atomic E-state index is 11.0. The fourth-order valence-corrected chi connectivity index (χ4v) is 1.28. The Balaban J connectivity index is 2.69. The van der Waals surface area contributed by atoms with E-state index in [1.165, 1.54) is 0 Å². The molecule has 0 unspecified atom stereocenters. The molecular weight excluding hydrogens is 206 g/mol. The van der Waals surface area contributed by atoms with Crippen molar-refractivity contribution in [2.45, 2.75) is 12.5 Å². The minimum atomic E-state index is -1.06. The van der Waals surface area contributed by atoms with E-state index in [9.17, 15) is 9.59 Å². The lowest BCUT2D eigenvalue weighted by molar-refractivity contribution is -0.141. The van der Waals surface area contributed by atoms with Crippen molar-refractivity contribution in [3.63, 3.8) is 0 Å². The highest BCUT2D eigenvalue weighted by molar-refractivity contribution is 5.90. The van der Waals surface area contributed by atoms with E-state index < -0.39 is 17.9 Å². The molecule has 4 heteroatoms. The van der Waals surface area contributed by atoms with E-state index >= 15 is 0 Å². The van der Waals surface area contributed by atoms with Crippen molar-refractivity contribution in [1.82, 2.24) is 5.32 Å². The summed E-state index contributed by atoms with van der Waals surface area (Å²) in [5, 5.41) is 11.3. The van der Waals surface area contributed by atoms with E-state index in [1.54, 1.807) is 0 Å². The molecule has 0 saturated heterocycles. The SMILES string of the molecule is C=CC(=O)N[C@@H](Cc1ccccc1)C(=O)O. The maximum Gasteiger partial charge on any atom is 0.326 e. The average molecular weight is 219 g/mol. The van der Waals surface area contributed by atoms with Crippen LogP contribution in [0.1, 0.15) is 5.56 Å². The second-order valence-corrected chi connectivity index (χ2v) is 3.29. The molecule has 84 valence electrons. The van der Waals surface area contributed by atoms with Crippen LogP contribution < -0.4 is 5.32 Å². The number of amides is 1. The summed E-state index contributed by atoms with van der Waals surface area (Å²) < 4.78 is 0. The van der Waals surface area contributed by atoms with Crippen LogP contribution in [-0.2, 0) is 16.0 Å². The Morgan fingerprint density at radius 2 is 2.00 bits per heavy atom. The van der Waals surface area contributed by atoms with Gasteiger partial charge in [0.2, 0.25) is 5.91 Å². The van der Waals surface area contributed by atoms with Crippen LogP contribution in [0.25, 0.3) is 0 Å². The Bertz CT molecular complexity index is 387. The minimum Gasteiger partial charge on any atom is -0.480 e. The molecule has 1 rings (SSSR count). The largest absolute Gasteiger partial charge is 0.480 e. The van der Waals surface area contributed by atoms with Gasteiger partial charge in [-0.25, -0.2) is 4.79 Å². The molecule has 0 aromatic heterocycles. The number of nitrogens with one attached hydrogen (secondary N) is 1. The fraction of sp³-hybridized carbons (Fsp3) is 0.167. The summed E-state index contributed by atoms with van der Waals surface area (Å²) in [6, 6.07) is 8.20. The van der Waals surface area contributed by atoms with Crippen LogP contribution in [0.4, 0.5) is 0 Å². The minimum absolute atomic E-state index is 0.260. The topological polar surface area (TPSA) is 66.4 Å². The molecule has 1 aromatic rings. The van der Waals surface area contributed by atoms with Crippen LogP contribution in [-0.4, -0.2) is 23.0 Å². The molecular formula is C12H13NO3. The number of carboxylic acids is 1. The lowest BCUT2D eigenvalue weighted by Gasteiger charge is -2.13. The summed E-state index contributed by atoms with van der Waals surface area (Å²) in [6.07, 6.45) is 1.32. The van der Waals surface area contributed by atoms with Gasteiger partial charge in [-0.1, -0.05) is 36.9 Å². The van der Waals surface area contributed by atoms with Gasteiger partial charge in [0.05, 0.1) is 0 Å². The van der Waals surface area contributed by atoms with Crippen LogP contribution >= 0.6 is 0 Å². The summed E-state index contributed by atoms with van der Waals surface area (Å²) in [6.45, 7) is 3.28. The first-order valence-corrected chi connectivity index (χ1v) is 4.83. The molecule has 0 radical (unpaired) electrons. The van der Waals surface area contributed by atoms with E-state index in [4.69, 9.17) is 5.11 Å². The smallest absolute Gasteiger partial charge is 0.326 e. The van der Waals surface area contributed by atoms with Gasteiger partial charge in [-0.15, -0.1) is 0 Å². The third kappa shape index (κ3) is 3.57. The second kappa shape index (κ2) is 5.70. The molecule has 0 aliphatic heterocycles. The molecule has 1 amide bonds. The molecule has 4 nitrogen and oxygen atoms in total. The van der Waals surface area contributed by atoms with E-state index in [0.29, 0.717) is 0 Å². The van der Waals surface area contributed by atoms with Crippen molar-refractivity contribution < 1.29 is 14.7 Å². The van der Waals surface area contributed by atoms with Crippen LogP contribution in [0.3, 0.4) is 0 Å². The fourth-order valence-electron chi connectivity index (χ4n) is 1.28. The first-order valence-electron chi connectivity index (χ1n) is 4.83. The van der Waals surface area contributed by atoms with E-state index in [0.717, 1.165) is 11.6 Å². The van der Waals surface area contributed by atoms with Gasteiger partial charge in [0.25, 0.3) is 0 Å². The zero-order chi connectivity index (χ0) is 12.0. The number of aliphatic carboxylic acids is 1. The third-order valence-electron chi connectivity index (χ3n) is 2.08. The highest BCUT2D eigenvalue weighted by atomic mass is 16.4. The average Bonchev–Trinajstić information content (AvgIpc) is 2.29. The van der Waals surface area contributed by atoms with Crippen molar-refractivity contribution in [1.29, 1.82) is 0 Å². The molecule has 0 spiro atoms. The van der Waals surface area contributed by atoms with Gasteiger partial charge >= 0.3 is 5.97 Å². The van der Waals surface area contributed by atoms with Gasteiger partial charge in [0.15, 0.2) is 0 Å². The molecule has 16 heavy (non-hydrogen) atoms. The number of rotatable bonds is 5. The molecule has 0 saturated carbocycles. The highest BCUT2D eigenvalue weighted by Gasteiger charge is 2.18. The summed E-state index contributed by atoms with van der Waals surface area (Å²) in [4.78, 5) is 21.9. The monoisotopic (exact) mass is 219 g/mol. The Kier molecular flexibility index (Phi) is 4.27. The molecule has 1 aromatic carbocycles. The molecule has 0 fully saturated rings. The normalized spacial score (nSPS) is 11.5. The highest BCUT2D eigenvalue weighted by Crippen LogP contribution is 2.03. The standard InChI is InChI=1S/C12H13NO3/c1-2-11(14)13-10(12(15)16)8-9-6-4-3-5-7-9/h2-7,10H,1,8H2,(H,13,14)(H,15,16)/t10-/m0/s1. The molecule has 1 atom stereocenters. The third-order valence-corrected chi connectivity index (χ3v) is 2.08. The maximum absolute atomic E-state index is 11.0. The first kappa shape index (κ1) is 12.0. The second-order valence-electron chi connectivity index (χ2n) is 3.29. The van der Waals surface area contributed by atoms with Crippen LogP contribution in [0.5, 0.6) is 0 Å². The van der Waals surface area contributed by atoms with Gasteiger partial charge in [-0.3, -0.25) is 4.79 Å². The predicted octanol–water partition coefficient (Wildman–Crippen LogP) is 0.984. The summed E-state index contributed by atoms with van der Waals surface area (Å²) in [5.74, 6) is -1.54. The number of carbonyl (C=O) groups is 2. The zero-order valence-electron chi connectivity index (χ0n) is 8.72. The number of carboxylic acid groups (broad SMARTS) is 1. The van der Waals surface area contributed by atoms with Gasteiger partial charge in [0, 0.05) is 6.42 Å². The van der Waals surface area contributed by atoms with E-state index in [2.05, 4.69) is 11.9 Å². The van der Waals surface area contributed by atoms with E-state index in [-0.39, 0.29) is 6.42 Å². The number of carbonyl (C=O) groups excluding carboxylic acids is 1. The van der Waals surface area contributed by atoms with Gasteiger partial charge in [0.1, 0.15) is 6.04 Å². The summed E-state index contributed by atoms with van der Waals surface area (Å²) >= 11 is 0. The van der Waals surface area contributed by atoms with Crippen molar-refractivity contribution >= 4 is 11.9 Å². The van der Waals surface area contributed by atoms with Gasteiger partial charge in [-0.05, 0) is 11.6 Å². The quantitative estimate of drug-likeness (QED) is 0.725. The molecule has 0 aliphatic rings. The zero-order valence-corrected chi connectivity index (χ0v) is 8.72. The van der Waals surface area contributed by atoms with Crippen LogP contribution in [0.15, 0.2) is 43.0 Å². The Morgan fingerprint density at radius 1 is 1.38 bits per heavy atom. The Hall–Kier alpha value is -2.10. The lowest BCUT2D eigenvalue weighted by Crippen LogP contribution is -2.41. The van der Waals surface area contributed by atoms with Gasteiger partial charge in [-0.2, -0.15) is 0 Å². The lowest BCUT2D eigenvalue weighted by atomic mass is 10.1. The number of benzene rings is 1. The summed E-state index contributed by atoms with van der Waals surface area (Å²) in [7, 11) is 0. The number of hydrogen-bond acceptors (Lipinski definition) is 2. The number of hydrogen-bond donors (Lipinski definition) is 2. The van der Waals surface area contributed by atoms with E-state index in [1.807, 2.05) is 30.3 Å². The molecule has 2 N–H and O–H groups in total. The first-order chi connectivity index (χ1) is 7.63. The molecule has 0 bridgehead atoms. The molecule has 0 aliphatic carbocycles. The van der Waals surface area contributed by atoms with Gasteiger partial charge < -0.3 is 10.4 Å². The van der Waals surface area contributed by atoms with Crippen molar-refractivity contribution in [3.8, 4) is 0 Å². The Morgan fingerprint density at radius 3 is 2.50 bits per heavy atom. The van der Waals surface area contributed by atoms with Crippen LogP contribution in [0.2, 0.25) is 0 Å². The van der Waals surface area contributed by atoms with Crippen molar-refractivity contribution in [2.24, 2.45) is 0 Å². The van der Waals surface area contributed by atoms with Crippen molar-refractivity contribution in [3.05, 3.63) is 48.6 Å². The Labute approximate surface area is 93.6 Å².